The Morgan fingerprint density at radius 1 is 1.44 bits per heavy atom. The third-order valence-electron chi connectivity index (χ3n) is 2.80. The molecule has 2 rings (SSSR count). The van der Waals surface area contributed by atoms with E-state index in [0.29, 0.717) is 6.42 Å². The van der Waals surface area contributed by atoms with Gasteiger partial charge in [-0.15, -0.1) is 0 Å². The van der Waals surface area contributed by atoms with Crippen molar-refractivity contribution in [1.29, 1.82) is 0 Å². The molecule has 0 unspecified atom stereocenters. The fraction of sp³-hybridized carbons (Fsp3) is 0.500. The number of anilines is 2. The largest absolute Gasteiger partial charge is 0.370 e. The number of nitrogens with zero attached hydrogens (tertiary/aromatic N) is 2. The first-order valence-electron chi connectivity index (χ1n) is 5.79. The predicted molar refractivity (Wildman–Crippen MR) is 64.6 cm³/mol. The molecule has 0 bridgehead atoms. The van der Waals surface area contributed by atoms with Crippen molar-refractivity contribution in [3.63, 3.8) is 0 Å². The maximum atomic E-state index is 11.3. The van der Waals surface area contributed by atoms with Gasteiger partial charge in [0, 0.05) is 19.5 Å². The topological polar surface area (TPSA) is 45.2 Å². The van der Waals surface area contributed by atoms with Gasteiger partial charge < -0.3 is 10.2 Å². The summed E-state index contributed by atoms with van der Waals surface area (Å²) < 4.78 is 0. The minimum Gasteiger partial charge on any atom is -0.370 e. The standard InChI is InChI=1S/C12H17N3O/c1-2-12(16)14-10-7-11(9-13-8-10)15-5-3-4-6-15/h7-9H,2-6H2,1H3,(H,14,16). The summed E-state index contributed by atoms with van der Waals surface area (Å²) in [5, 5.41) is 2.83. The van der Waals surface area contributed by atoms with Gasteiger partial charge in [-0.05, 0) is 18.9 Å². The van der Waals surface area contributed by atoms with Gasteiger partial charge in [0.15, 0.2) is 0 Å². The van der Waals surface area contributed by atoms with Crippen LogP contribution in [0.3, 0.4) is 0 Å². The van der Waals surface area contributed by atoms with E-state index in [1.54, 1.807) is 6.20 Å². The summed E-state index contributed by atoms with van der Waals surface area (Å²) in [7, 11) is 0. The van der Waals surface area contributed by atoms with Crippen LogP contribution >= 0.6 is 0 Å². The van der Waals surface area contributed by atoms with Crippen molar-refractivity contribution < 1.29 is 4.79 Å². The van der Waals surface area contributed by atoms with E-state index >= 15 is 0 Å². The molecular weight excluding hydrogens is 202 g/mol. The summed E-state index contributed by atoms with van der Waals surface area (Å²) in [6, 6.07) is 1.99. The lowest BCUT2D eigenvalue weighted by molar-refractivity contribution is -0.115. The molecule has 0 aromatic carbocycles. The van der Waals surface area contributed by atoms with Crippen LogP contribution in [0.1, 0.15) is 26.2 Å². The molecule has 1 fully saturated rings. The fourth-order valence-electron chi connectivity index (χ4n) is 1.89. The van der Waals surface area contributed by atoms with Crippen molar-refractivity contribution >= 4 is 17.3 Å². The molecule has 16 heavy (non-hydrogen) atoms. The van der Waals surface area contributed by atoms with E-state index < -0.39 is 0 Å². The maximum Gasteiger partial charge on any atom is 0.224 e. The van der Waals surface area contributed by atoms with E-state index in [1.165, 1.54) is 12.8 Å². The van der Waals surface area contributed by atoms with E-state index in [-0.39, 0.29) is 5.91 Å². The zero-order valence-corrected chi connectivity index (χ0v) is 9.57. The van der Waals surface area contributed by atoms with E-state index in [0.717, 1.165) is 24.5 Å². The van der Waals surface area contributed by atoms with Gasteiger partial charge in [0.05, 0.1) is 23.8 Å². The number of hydrogen-bond acceptors (Lipinski definition) is 3. The van der Waals surface area contributed by atoms with Crippen molar-refractivity contribution in [3.05, 3.63) is 18.5 Å². The Labute approximate surface area is 95.7 Å². The molecule has 0 saturated carbocycles. The zero-order chi connectivity index (χ0) is 11.4. The quantitative estimate of drug-likeness (QED) is 0.846. The Kier molecular flexibility index (Phi) is 3.39. The van der Waals surface area contributed by atoms with Crippen molar-refractivity contribution in [2.75, 3.05) is 23.3 Å². The van der Waals surface area contributed by atoms with Gasteiger partial charge >= 0.3 is 0 Å². The van der Waals surface area contributed by atoms with Crippen molar-refractivity contribution in [2.45, 2.75) is 26.2 Å². The van der Waals surface area contributed by atoms with Crippen LogP contribution in [-0.4, -0.2) is 24.0 Å². The molecule has 1 amide bonds. The van der Waals surface area contributed by atoms with E-state index in [1.807, 2.05) is 19.2 Å². The molecule has 0 spiro atoms. The summed E-state index contributed by atoms with van der Waals surface area (Å²) in [4.78, 5) is 17.7. The summed E-state index contributed by atoms with van der Waals surface area (Å²) >= 11 is 0. The molecule has 1 aromatic rings. The number of carbonyl (C=O) groups is 1. The molecule has 0 atom stereocenters. The maximum absolute atomic E-state index is 11.3. The Morgan fingerprint density at radius 3 is 2.88 bits per heavy atom. The minimum atomic E-state index is 0.0281. The van der Waals surface area contributed by atoms with Crippen LogP contribution in [0.15, 0.2) is 18.5 Å². The zero-order valence-electron chi connectivity index (χ0n) is 9.57. The Morgan fingerprint density at radius 2 is 2.19 bits per heavy atom. The molecular formula is C12H17N3O. The van der Waals surface area contributed by atoms with Gasteiger partial charge in [0.1, 0.15) is 0 Å². The highest BCUT2D eigenvalue weighted by molar-refractivity contribution is 5.90. The highest BCUT2D eigenvalue weighted by atomic mass is 16.1. The average Bonchev–Trinajstić information content (AvgIpc) is 2.83. The highest BCUT2D eigenvalue weighted by Crippen LogP contribution is 2.21. The Balaban J connectivity index is 2.09. The van der Waals surface area contributed by atoms with Gasteiger partial charge in [-0.3, -0.25) is 9.78 Å². The highest BCUT2D eigenvalue weighted by Gasteiger charge is 2.13. The van der Waals surface area contributed by atoms with Crippen LogP contribution in [-0.2, 0) is 4.79 Å². The van der Waals surface area contributed by atoms with Crippen LogP contribution in [0.25, 0.3) is 0 Å². The summed E-state index contributed by atoms with van der Waals surface area (Å²) in [6.07, 6.45) is 6.52. The van der Waals surface area contributed by atoms with Crippen molar-refractivity contribution in [3.8, 4) is 0 Å². The van der Waals surface area contributed by atoms with Crippen molar-refractivity contribution in [2.24, 2.45) is 0 Å². The number of pyridine rings is 1. The van der Waals surface area contributed by atoms with E-state index in [2.05, 4.69) is 15.2 Å². The second-order valence-electron chi connectivity index (χ2n) is 4.03. The monoisotopic (exact) mass is 219 g/mol. The lowest BCUT2D eigenvalue weighted by Crippen LogP contribution is -2.18. The normalized spacial score (nSPS) is 15.2. The molecule has 1 aliphatic rings. The Hall–Kier alpha value is -1.58. The van der Waals surface area contributed by atoms with E-state index in [9.17, 15) is 4.79 Å². The lowest BCUT2D eigenvalue weighted by atomic mass is 10.3. The summed E-state index contributed by atoms with van der Waals surface area (Å²) in [5.74, 6) is 0.0281. The molecule has 86 valence electrons. The lowest BCUT2D eigenvalue weighted by Gasteiger charge is -2.17. The van der Waals surface area contributed by atoms with Crippen LogP contribution in [0.2, 0.25) is 0 Å². The number of aromatic nitrogens is 1. The molecule has 4 heteroatoms. The van der Waals surface area contributed by atoms with Crippen LogP contribution in [0.5, 0.6) is 0 Å². The number of rotatable bonds is 3. The smallest absolute Gasteiger partial charge is 0.224 e. The molecule has 2 heterocycles. The SMILES string of the molecule is CCC(=O)Nc1cncc(N2CCCC2)c1. The van der Waals surface area contributed by atoms with Crippen molar-refractivity contribution in [1.82, 2.24) is 4.98 Å². The Bertz CT molecular complexity index is 372. The van der Waals surface area contributed by atoms with E-state index in [4.69, 9.17) is 0 Å². The number of hydrogen-bond donors (Lipinski definition) is 1. The van der Waals surface area contributed by atoms with Crippen LogP contribution in [0, 0.1) is 0 Å². The fourth-order valence-corrected chi connectivity index (χ4v) is 1.89. The summed E-state index contributed by atoms with van der Waals surface area (Å²) in [6.45, 7) is 4.02. The van der Waals surface area contributed by atoms with Gasteiger partial charge in [-0.1, -0.05) is 6.92 Å². The van der Waals surface area contributed by atoms with Gasteiger partial charge in [0.25, 0.3) is 0 Å². The third kappa shape index (κ3) is 2.51. The molecule has 1 N–H and O–H groups in total. The molecule has 4 nitrogen and oxygen atoms in total. The molecule has 0 aliphatic carbocycles. The van der Waals surface area contributed by atoms with Gasteiger partial charge in [-0.2, -0.15) is 0 Å². The van der Waals surface area contributed by atoms with Gasteiger partial charge in [-0.25, -0.2) is 0 Å². The molecule has 1 aliphatic heterocycles. The second kappa shape index (κ2) is 4.96. The molecule has 1 aromatic heterocycles. The van der Waals surface area contributed by atoms with Crippen LogP contribution < -0.4 is 10.2 Å². The number of amides is 1. The summed E-state index contributed by atoms with van der Waals surface area (Å²) in [5.41, 5.74) is 1.89. The first-order chi connectivity index (χ1) is 7.79. The third-order valence-corrected chi connectivity index (χ3v) is 2.80. The minimum absolute atomic E-state index is 0.0281. The second-order valence-corrected chi connectivity index (χ2v) is 4.03. The first-order valence-corrected chi connectivity index (χ1v) is 5.79. The first kappa shape index (κ1) is 10.9. The molecule has 0 radical (unpaired) electrons. The predicted octanol–water partition coefficient (Wildman–Crippen LogP) is 2.03. The van der Waals surface area contributed by atoms with Crippen LogP contribution in [0.4, 0.5) is 11.4 Å². The number of carbonyl (C=O) groups excluding carboxylic acids is 1. The molecule has 1 saturated heterocycles. The van der Waals surface area contributed by atoms with Gasteiger partial charge in [0.2, 0.25) is 5.91 Å². The average molecular weight is 219 g/mol. The number of nitrogens with one attached hydrogen (secondary N) is 1.